The Bertz CT molecular complexity index is 1610. The van der Waals surface area contributed by atoms with Gasteiger partial charge in [-0.1, -0.05) is 23.1 Å². The third-order valence-corrected chi connectivity index (χ3v) is 7.37. The summed E-state index contributed by atoms with van der Waals surface area (Å²) in [5, 5.41) is 30.2. The summed E-state index contributed by atoms with van der Waals surface area (Å²) in [6, 6.07) is 9.30. The van der Waals surface area contributed by atoms with Gasteiger partial charge in [-0.2, -0.15) is 5.10 Å². The molecule has 1 amide bonds. The molecule has 7 rings (SSSR count). The molecule has 0 radical (unpaired) electrons. The van der Waals surface area contributed by atoms with Crippen molar-refractivity contribution >= 4 is 5.91 Å². The first-order valence-electron chi connectivity index (χ1n) is 12.1. The number of nitrogens with zero attached hydrogens (tertiary/aromatic N) is 5. The van der Waals surface area contributed by atoms with Crippen LogP contribution in [0.25, 0.3) is 11.4 Å². The maximum Gasteiger partial charge on any atom is 0.269 e. The number of amides is 1. The normalized spacial score (nSPS) is 19.9. The molecule has 0 spiro atoms. The third-order valence-electron chi connectivity index (χ3n) is 7.37. The Morgan fingerprint density at radius 2 is 2.08 bits per heavy atom. The molecule has 1 saturated carbocycles. The fraction of sp³-hybridized carbons (Fsp3) is 0.333. The molecule has 2 bridgehead atoms. The predicted octanol–water partition coefficient (Wildman–Crippen LogP) is 2.45. The van der Waals surface area contributed by atoms with Gasteiger partial charge in [0.25, 0.3) is 5.91 Å². The Hall–Kier alpha value is -4.20. The Kier molecular flexibility index (Phi) is 5.12. The quantitative estimate of drug-likeness (QED) is 0.367. The van der Waals surface area contributed by atoms with E-state index in [1.54, 1.807) is 43.9 Å². The smallest absolute Gasteiger partial charge is 0.269 e. The number of aliphatic hydroxyl groups is 2. The molecule has 3 aliphatic rings. The molecule has 37 heavy (non-hydrogen) atoms. The zero-order valence-corrected chi connectivity index (χ0v) is 20.6. The summed E-state index contributed by atoms with van der Waals surface area (Å²) < 4.78 is 8.61. The van der Waals surface area contributed by atoms with E-state index in [4.69, 9.17) is 10.3 Å². The van der Waals surface area contributed by atoms with Crippen LogP contribution < -0.4 is 5.73 Å². The van der Waals surface area contributed by atoms with Crippen molar-refractivity contribution in [3.63, 3.8) is 0 Å². The molecular weight excluding hydrogens is 472 g/mol. The number of primary amides is 1. The number of aromatic nitrogens is 5. The lowest BCUT2D eigenvalue weighted by Gasteiger charge is -2.36. The highest BCUT2D eigenvalue weighted by molar-refractivity contribution is 5.93. The van der Waals surface area contributed by atoms with Crippen LogP contribution in [0.15, 0.2) is 41.1 Å². The van der Waals surface area contributed by atoms with Gasteiger partial charge < -0.3 is 25.0 Å². The lowest BCUT2D eigenvalue weighted by molar-refractivity contribution is 0.0988. The van der Waals surface area contributed by atoms with E-state index in [9.17, 15) is 15.0 Å². The zero-order chi connectivity index (χ0) is 26.1. The first-order valence-corrected chi connectivity index (χ1v) is 12.1. The van der Waals surface area contributed by atoms with Crippen LogP contribution in [-0.4, -0.2) is 40.6 Å². The molecule has 2 atom stereocenters. The largest absolute Gasteiger partial charge is 0.380 e. The van der Waals surface area contributed by atoms with Crippen LogP contribution in [-0.2, 0) is 12.6 Å². The second-order valence-corrected chi connectivity index (χ2v) is 9.95. The van der Waals surface area contributed by atoms with E-state index in [0.29, 0.717) is 40.1 Å². The standard InChI is InChI=1S/C27H26N6O4/c1-14-10-21(31-37-14)27(2,36)8-6-15-4-5-18-16-12-17(13-16)33-23(24(34)20-7-9-29-32(20)3)22(25(28)35)30-26(33)19(18)11-15/h4-5,7,9-11,16-17,24,34,36H,12-13H2,1-3H3,(H2,28,35). The highest BCUT2D eigenvalue weighted by Gasteiger charge is 2.42. The molecule has 1 aromatic carbocycles. The number of nitrogens with two attached hydrogens (primary N) is 1. The fourth-order valence-electron chi connectivity index (χ4n) is 5.33. The molecule has 5 heterocycles. The van der Waals surface area contributed by atoms with Gasteiger partial charge in [-0.05, 0) is 56.4 Å². The molecule has 10 heteroatoms. The minimum atomic E-state index is -1.50. The average molecular weight is 499 g/mol. The molecule has 10 nitrogen and oxygen atoms in total. The number of aliphatic hydroxyl groups excluding tert-OH is 1. The maximum absolute atomic E-state index is 12.5. The number of carbonyl (C=O) groups is 1. The van der Waals surface area contributed by atoms with Crippen LogP contribution in [0.3, 0.4) is 0 Å². The first-order chi connectivity index (χ1) is 17.6. The summed E-state index contributed by atoms with van der Waals surface area (Å²) in [4.78, 5) is 17.1. The first kappa shape index (κ1) is 23.2. The minimum absolute atomic E-state index is 0.0424. The summed E-state index contributed by atoms with van der Waals surface area (Å²) in [6.07, 6.45) is 2.20. The maximum atomic E-state index is 12.5. The lowest BCUT2D eigenvalue weighted by atomic mass is 9.75. The van der Waals surface area contributed by atoms with Gasteiger partial charge in [0.15, 0.2) is 11.3 Å². The van der Waals surface area contributed by atoms with E-state index in [1.807, 2.05) is 22.8 Å². The molecule has 1 fully saturated rings. The minimum Gasteiger partial charge on any atom is -0.380 e. The van der Waals surface area contributed by atoms with Crippen LogP contribution in [0.1, 0.15) is 82.3 Å². The van der Waals surface area contributed by atoms with Crippen LogP contribution >= 0.6 is 0 Å². The van der Waals surface area contributed by atoms with Gasteiger partial charge in [-0.15, -0.1) is 0 Å². The van der Waals surface area contributed by atoms with Crippen LogP contribution in [0.4, 0.5) is 0 Å². The molecule has 4 aromatic rings. The van der Waals surface area contributed by atoms with E-state index in [0.717, 1.165) is 24.0 Å². The molecule has 2 unspecified atom stereocenters. The molecular formula is C27H26N6O4. The highest BCUT2D eigenvalue weighted by atomic mass is 16.5. The van der Waals surface area contributed by atoms with Crippen molar-refractivity contribution < 1.29 is 19.5 Å². The molecule has 2 aliphatic heterocycles. The van der Waals surface area contributed by atoms with E-state index in [1.165, 1.54) is 0 Å². The second-order valence-electron chi connectivity index (χ2n) is 9.95. The van der Waals surface area contributed by atoms with Crippen molar-refractivity contribution in [2.24, 2.45) is 12.8 Å². The van der Waals surface area contributed by atoms with Gasteiger partial charge in [0.2, 0.25) is 0 Å². The Balaban J connectivity index is 1.48. The Morgan fingerprint density at radius 1 is 1.30 bits per heavy atom. The van der Waals surface area contributed by atoms with Crippen molar-refractivity contribution in [3.8, 4) is 23.2 Å². The molecule has 3 aromatic heterocycles. The summed E-state index contributed by atoms with van der Waals surface area (Å²) in [6.45, 7) is 3.31. The van der Waals surface area contributed by atoms with Crippen molar-refractivity contribution in [3.05, 3.63) is 76.2 Å². The van der Waals surface area contributed by atoms with Crippen LogP contribution in [0.2, 0.25) is 0 Å². The van der Waals surface area contributed by atoms with Gasteiger partial charge in [-0.25, -0.2) is 4.98 Å². The SMILES string of the molecule is Cc1cc(C(C)(O)C#Cc2ccc3c(c2)-c2nc(C(N)=O)c(C(O)c4ccnn4C)n2C2CC3C2)no1. The third kappa shape index (κ3) is 3.66. The zero-order valence-electron chi connectivity index (χ0n) is 20.6. The summed E-state index contributed by atoms with van der Waals surface area (Å²) in [5.74, 6) is 6.72. The number of hydrogen-bond acceptors (Lipinski definition) is 7. The van der Waals surface area contributed by atoms with Gasteiger partial charge in [0.1, 0.15) is 23.4 Å². The van der Waals surface area contributed by atoms with Crippen molar-refractivity contribution in [1.82, 2.24) is 24.5 Å². The van der Waals surface area contributed by atoms with E-state index >= 15 is 0 Å². The molecule has 1 aliphatic carbocycles. The monoisotopic (exact) mass is 498 g/mol. The lowest BCUT2D eigenvalue weighted by Crippen LogP contribution is -2.27. The van der Waals surface area contributed by atoms with Crippen LogP contribution in [0.5, 0.6) is 0 Å². The summed E-state index contributed by atoms with van der Waals surface area (Å²) in [5.41, 5.74) is 8.16. The second kappa shape index (κ2) is 8.16. The van der Waals surface area contributed by atoms with Crippen LogP contribution in [0, 0.1) is 18.8 Å². The number of benzene rings is 1. The Labute approximate surface area is 212 Å². The van der Waals surface area contributed by atoms with Gasteiger partial charge in [0.05, 0.1) is 11.4 Å². The Morgan fingerprint density at radius 3 is 2.73 bits per heavy atom. The molecule has 4 N–H and O–H groups in total. The summed E-state index contributed by atoms with van der Waals surface area (Å²) >= 11 is 0. The van der Waals surface area contributed by atoms with E-state index in [2.05, 4.69) is 27.1 Å². The number of imidazole rings is 1. The topological polar surface area (TPSA) is 145 Å². The van der Waals surface area contributed by atoms with Gasteiger partial charge in [-0.3, -0.25) is 9.48 Å². The predicted molar refractivity (Wildman–Crippen MR) is 132 cm³/mol. The highest BCUT2D eigenvalue weighted by Crippen LogP contribution is 2.53. The van der Waals surface area contributed by atoms with Crippen molar-refractivity contribution in [2.45, 2.75) is 50.4 Å². The number of hydrogen-bond donors (Lipinski definition) is 3. The average Bonchev–Trinajstić information content (AvgIpc) is 3.53. The molecule has 0 saturated heterocycles. The van der Waals surface area contributed by atoms with E-state index in [-0.39, 0.29) is 11.7 Å². The fourth-order valence-corrected chi connectivity index (χ4v) is 5.33. The van der Waals surface area contributed by atoms with E-state index < -0.39 is 17.6 Å². The molecule has 188 valence electrons. The summed E-state index contributed by atoms with van der Waals surface area (Å²) in [7, 11) is 1.73. The van der Waals surface area contributed by atoms with Crippen molar-refractivity contribution in [1.29, 1.82) is 0 Å². The number of aryl methyl sites for hydroxylation is 2. The van der Waals surface area contributed by atoms with Gasteiger partial charge >= 0.3 is 0 Å². The van der Waals surface area contributed by atoms with Crippen molar-refractivity contribution in [2.75, 3.05) is 0 Å². The number of carbonyl (C=O) groups excluding carboxylic acids is 1. The van der Waals surface area contributed by atoms with Gasteiger partial charge in [0, 0.05) is 36.5 Å². The number of rotatable bonds is 4.